The summed E-state index contributed by atoms with van der Waals surface area (Å²) in [7, 11) is 0. The van der Waals surface area contributed by atoms with Crippen LogP contribution in [0.15, 0.2) is 47.2 Å². The quantitative estimate of drug-likeness (QED) is 0.901. The maximum atomic E-state index is 4.02. The molecule has 0 saturated carbocycles. The predicted octanol–water partition coefficient (Wildman–Crippen LogP) is 4.06. The minimum Gasteiger partial charge on any atom is -0.384 e. The largest absolute Gasteiger partial charge is 0.384 e. The molecule has 0 unspecified atom stereocenters. The van der Waals surface area contributed by atoms with Gasteiger partial charge in [-0.1, -0.05) is 22.9 Å². The zero-order valence-corrected chi connectivity index (χ0v) is 12.1. The van der Waals surface area contributed by atoms with Crippen LogP contribution in [0.3, 0.4) is 0 Å². The highest BCUT2D eigenvalue weighted by Crippen LogP contribution is 2.21. The first-order valence-corrected chi connectivity index (χ1v) is 7.00. The second-order valence-electron chi connectivity index (χ2n) is 4.19. The van der Waals surface area contributed by atoms with Gasteiger partial charge < -0.3 is 5.32 Å². The number of aryl methyl sites for hydroxylation is 1. The van der Waals surface area contributed by atoms with Crippen LogP contribution >= 0.6 is 15.9 Å². The third-order valence-corrected chi connectivity index (χ3v) is 3.42. The highest BCUT2D eigenvalue weighted by Gasteiger charge is 2.01. The average Bonchev–Trinajstić information content (AvgIpc) is 2.41. The summed E-state index contributed by atoms with van der Waals surface area (Å²) in [5.41, 5.74) is 3.89. The minimum atomic E-state index is 0.943. The molecule has 0 amide bonds. The van der Waals surface area contributed by atoms with Gasteiger partial charge in [0.05, 0.1) is 0 Å². The normalized spacial score (nSPS) is 10.3. The number of hydrogen-bond donors (Lipinski definition) is 1. The lowest BCUT2D eigenvalue weighted by molar-refractivity contribution is 1.00. The Labute approximate surface area is 117 Å². The summed E-state index contributed by atoms with van der Waals surface area (Å²) in [6.07, 6.45) is 5.73. The highest BCUT2D eigenvalue weighted by atomic mass is 79.9. The van der Waals surface area contributed by atoms with Crippen LogP contribution in [0.5, 0.6) is 0 Å². The zero-order valence-electron chi connectivity index (χ0n) is 10.5. The summed E-state index contributed by atoms with van der Waals surface area (Å²) >= 11 is 3.51. The summed E-state index contributed by atoms with van der Waals surface area (Å²) in [6.45, 7) is 3.12. The number of nitrogens with one attached hydrogen (secondary N) is 1. The van der Waals surface area contributed by atoms with E-state index in [1.807, 2.05) is 12.4 Å². The summed E-state index contributed by atoms with van der Waals surface area (Å²) in [6, 6.07) is 10.5. The van der Waals surface area contributed by atoms with Gasteiger partial charge in [0.2, 0.25) is 0 Å². The molecule has 0 radical (unpaired) electrons. The fourth-order valence-corrected chi connectivity index (χ4v) is 2.33. The van der Waals surface area contributed by atoms with Crippen molar-refractivity contribution in [2.75, 3.05) is 11.9 Å². The van der Waals surface area contributed by atoms with E-state index >= 15 is 0 Å². The van der Waals surface area contributed by atoms with E-state index < -0.39 is 0 Å². The van der Waals surface area contributed by atoms with Crippen LogP contribution in [0.1, 0.15) is 18.1 Å². The molecule has 2 rings (SSSR count). The molecular formula is C15H17BrN2. The van der Waals surface area contributed by atoms with Crippen molar-refractivity contribution in [3.05, 3.63) is 58.3 Å². The lowest BCUT2D eigenvalue weighted by Crippen LogP contribution is -2.06. The number of benzene rings is 1. The fraction of sp³-hybridized carbons (Fsp3) is 0.267. The number of halogens is 1. The summed E-state index contributed by atoms with van der Waals surface area (Å²) in [5.74, 6) is 0. The first-order valence-electron chi connectivity index (χ1n) is 6.21. The van der Waals surface area contributed by atoms with Crippen LogP contribution < -0.4 is 5.32 Å². The van der Waals surface area contributed by atoms with Crippen molar-refractivity contribution in [2.45, 2.75) is 19.8 Å². The van der Waals surface area contributed by atoms with Crippen molar-refractivity contribution < 1.29 is 0 Å². The van der Waals surface area contributed by atoms with E-state index in [1.165, 1.54) is 16.8 Å². The molecule has 1 heterocycles. The Kier molecular flexibility index (Phi) is 4.76. The maximum absolute atomic E-state index is 4.02. The molecule has 0 atom stereocenters. The molecule has 0 aliphatic heterocycles. The van der Waals surface area contributed by atoms with Gasteiger partial charge in [0, 0.05) is 29.1 Å². The maximum Gasteiger partial charge on any atom is 0.0373 e. The van der Waals surface area contributed by atoms with Gasteiger partial charge in [0.15, 0.2) is 0 Å². The number of nitrogens with zero attached hydrogens (tertiary/aromatic N) is 1. The van der Waals surface area contributed by atoms with Crippen molar-refractivity contribution in [1.82, 2.24) is 4.98 Å². The van der Waals surface area contributed by atoms with Gasteiger partial charge in [-0.2, -0.15) is 0 Å². The lowest BCUT2D eigenvalue weighted by atomic mass is 10.1. The summed E-state index contributed by atoms with van der Waals surface area (Å²) in [4.78, 5) is 4.02. The first kappa shape index (κ1) is 13.1. The fourth-order valence-electron chi connectivity index (χ4n) is 1.92. The molecule has 1 aromatic carbocycles. The topological polar surface area (TPSA) is 24.9 Å². The smallest absolute Gasteiger partial charge is 0.0373 e. The van der Waals surface area contributed by atoms with Gasteiger partial charge in [-0.3, -0.25) is 4.98 Å². The van der Waals surface area contributed by atoms with Gasteiger partial charge in [-0.25, -0.2) is 0 Å². The molecule has 0 aliphatic rings. The first-order chi connectivity index (χ1) is 8.79. The van der Waals surface area contributed by atoms with Crippen LogP contribution in [0.2, 0.25) is 0 Å². The summed E-state index contributed by atoms with van der Waals surface area (Å²) in [5, 5.41) is 3.50. The number of pyridine rings is 1. The van der Waals surface area contributed by atoms with E-state index in [0.717, 1.165) is 23.9 Å². The van der Waals surface area contributed by atoms with Gasteiger partial charge in [0.1, 0.15) is 0 Å². The molecule has 0 bridgehead atoms. The molecule has 3 heteroatoms. The molecular weight excluding hydrogens is 288 g/mol. The van der Waals surface area contributed by atoms with Crippen molar-refractivity contribution in [3.8, 4) is 0 Å². The Bertz CT molecular complexity index is 497. The van der Waals surface area contributed by atoms with Crippen LogP contribution in [0.4, 0.5) is 5.69 Å². The van der Waals surface area contributed by atoms with Gasteiger partial charge in [-0.05, 0) is 54.3 Å². The standard InChI is InChI=1S/C15H17BrN2/c1-2-13-11-14(16)3-4-15(13)18-10-7-12-5-8-17-9-6-12/h3-6,8-9,11,18H,2,7,10H2,1H3. The van der Waals surface area contributed by atoms with E-state index in [9.17, 15) is 0 Å². The number of rotatable bonds is 5. The van der Waals surface area contributed by atoms with Crippen molar-refractivity contribution in [1.29, 1.82) is 0 Å². The predicted molar refractivity (Wildman–Crippen MR) is 80.0 cm³/mol. The van der Waals surface area contributed by atoms with Crippen molar-refractivity contribution in [3.63, 3.8) is 0 Å². The van der Waals surface area contributed by atoms with E-state index in [2.05, 4.69) is 63.5 Å². The molecule has 0 saturated heterocycles. The molecule has 0 fully saturated rings. The number of aromatic nitrogens is 1. The Morgan fingerprint density at radius 3 is 2.67 bits per heavy atom. The second-order valence-corrected chi connectivity index (χ2v) is 5.10. The molecule has 0 aliphatic carbocycles. The Balaban J connectivity index is 1.94. The third kappa shape index (κ3) is 3.57. The van der Waals surface area contributed by atoms with E-state index in [4.69, 9.17) is 0 Å². The third-order valence-electron chi connectivity index (χ3n) is 2.93. The van der Waals surface area contributed by atoms with Crippen molar-refractivity contribution in [2.24, 2.45) is 0 Å². The molecule has 94 valence electrons. The second kappa shape index (κ2) is 6.55. The van der Waals surface area contributed by atoms with E-state index in [0.29, 0.717) is 0 Å². The molecule has 0 spiro atoms. The monoisotopic (exact) mass is 304 g/mol. The van der Waals surface area contributed by atoms with E-state index in [-0.39, 0.29) is 0 Å². The molecule has 1 N–H and O–H groups in total. The number of anilines is 1. The van der Waals surface area contributed by atoms with E-state index in [1.54, 1.807) is 0 Å². The van der Waals surface area contributed by atoms with Crippen molar-refractivity contribution >= 4 is 21.6 Å². The Morgan fingerprint density at radius 1 is 1.17 bits per heavy atom. The molecule has 2 aromatic rings. The van der Waals surface area contributed by atoms with Crippen LogP contribution in [-0.2, 0) is 12.8 Å². The minimum absolute atomic E-state index is 0.943. The van der Waals surface area contributed by atoms with Crippen LogP contribution in [0.25, 0.3) is 0 Å². The molecule has 18 heavy (non-hydrogen) atoms. The average molecular weight is 305 g/mol. The zero-order chi connectivity index (χ0) is 12.8. The lowest BCUT2D eigenvalue weighted by Gasteiger charge is -2.11. The molecule has 1 aromatic heterocycles. The van der Waals surface area contributed by atoms with Gasteiger partial charge in [-0.15, -0.1) is 0 Å². The highest BCUT2D eigenvalue weighted by molar-refractivity contribution is 9.10. The van der Waals surface area contributed by atoms with Crippen LogP contribution in [0, 0.1) is 0 Å². The summed E-state index contributed by atoms with van der Waals surface area (Å²) < 4.78 is 1.14. The SMILES string of the molecule is CCc1cc(Br)ccc1NCCc1ccncc1. The Hall–Kier alpha value is -1.35. The van der Waals surface area contributed by atoms with Gasteiger partial charge >= 0.3 is 0 Å². The van der Waals surface area contributed by atoms with Gasteiger partial charge in [0.25, 0.3) is 0 Å². The number of hydrogen-bond acceptors (Lipinski definition) is 2. The van der Waals surface area contributed by atoms with Crippen LogP contribution in [-0.4, -0.2) is 11.5 Å². The Morgan fingerprint density at radius 2 is 1.94 bits per heavy atom. The molecule has 2 nitrogen and oxygen atoms in total.